The fourth-order valence-electron chi connectivity index (χ4n) is 2.97. The maximum atomic E-state index is 12.7. The summed E-state index contributed by atoms with van der Waals surface area (Å²) in [5.41, 5.74) is 5.96. The fourth-order valence-corrected chi connectivity index (χ4v) is 2.97. The van der Waals surface area contributed by atoms with E-state index in [4.69, 9.17) is 5.73 Å². The fraction of sp³-hybridized carbons (Fsp3) is 0.800. The molecule has 1 aromatic rings. The van der Waals surface area contributed by atoms with Gasteiger partial charge in [-0.25, -0.2) is 4.98 Å². The van der Waals surface area contributed by atoms with Crippen molar-refractivity contribution in [2.45, 2.75) is 70.9 Å². The summed E-state index contributed by atoms with van der Waals surface area (Å²) >= 11 is 0. The van der Waals surface area contributed by atoms with Crippen LogP contribution in [0.2, 0.25) is 0 Å². The lowest BCUT2D eigenvalue weighted by molar-refractivity contribution is 0.0614. The van der Waals surface area contributed by atoms with E-state index in [0.29, 0.717) is 11.9 Å². The Bertz CT molecular complexity index is 451. The number of nitrogens with two attached hydrogens (primary N) is 1. The summed E-state index contributed by atoms with van der Waals surface area (Å²) in [6, 6.07) is 0.574. The van der Waals surface area contributed by atoms with Gasteiger partial charge >= 0.3 is 0 Å². The molecule has 0 radical (unpaired) electrons. The van der Waals surface area contributed by atoms with E-state index in [1.54, 1.807) is 0 Å². The molecule has 2 rings (SSSR count). The molecule has 1 heterocycles. The summed E-state index contributed by atoms with van der Waals surface area (Å²) < 4.78 is 0. The van der Waals surface area contributed by atoms with E-state index >= 15 is 0 Å². The van der Waals surface area contributed by atoms with Crippen molar-refractivity contribution < 1.29 is 4.79 Å². The Labute approximate surface area is 126 Å². The van der Waals surface area contributed by atoms with Crippen LogP contribution in [-0.4, -0.2) is 44.6 Å². The van der Waals surface area contributed by atoms with Gasteiger partial charge in [-0.3, -0.25) is 9.89 Å². The van der Waals surface area contributed by atoms with Crippen LogP contribution in [0, 0.1) is 0 Å². The van der Waals surface area contributed by atoms with Gasteiger partial charge < -0.3 is 10.6 Å². The predicted octanol–water partition coefficient (Wildman–Crippen LogP) is 1.88. The average Bonchev–Trinajstić information content (AvgIpc) is 2.94. The van der Waals surface area contributed by atoms with Crippen LogP contribution in [0.4, 0.5) is 0 Å². The first-order valence-corrected chi connectivity index (χ1v) is 8.13. The van der Waals surface area contributed by atoms with E-state index in [0.717, 1.165) is 57.3 Å². The molecule has 0 unspecified atom stereocenters. The first-order valence-electron chi connectivity index (χ1n) is 8.13. The van der Waals surface area contributed by atoms with Crippen molar-refractivity contribution in [3.8, 4) is 0 Å². The molecule has 0 aromatic carbocycles. The lowest BCUT2D eigenvalue weighted by Gasteiger charge is -2.35. The molecule has 1 aliphatic carbocycles. The molecule has 118 valence electrons. The normalized spacial score (nSPS) is 22.2. The van der Waals surface area contributed by atoms with Crippen LogP contribution in [0.25, 0.3) is 0 Å². The molecule has 0 bridgehead atoms. The summed E-state index contributed by atoms with van der Waals surface area (Å²) in [7, 11) is 0. The molecule has 1 aromatic heterocycles. The molecule has 1 saturated carbocycles. The molecule has 6 nitrogen and oxygen atoms in total. The van der Waals surface area contributed by atoms with Crippen molar-refractivity contribution in [2.24, 2.45) is 5.73 Å². The third-order valence-electron chi connectivity index (χ3n) is 4.12. The molecule has 0 atom stereocenters. The van der Waals surface area contributed by atoms with Crippen molar-refractivity contribution >= 4 is 5.91 Å². The minimum absolute atomic E-state index is 0.0454. The molecule has 6 heteroatoms. The van der Waals surface area contributed by atoms with Gasteiger partial charge in [0.05, 0.1) is 0 Å². The number of carbonyl (C=O) groups excluding carboxylic acids is 1. The van der Waals surface area contributed by atoms with Crippen LogP contribution < -0.4 is 5.73 Å². The molecule has 0 spiro atoms. The number of nitrogens with zero attached hydrogens (tertiary/aromatic N) is 3. The second-order valence-corrected chi connectivity index (χ2v) is 5.92. The third-order valence-corrected chi connectivity index (χ3v) is 4.12. The van der Waals surface area contributed by atoms with Crippen LogP contribution in [0.1, 0.15) is 68.8 Å². The Kier molecular flexibility index (Phi) is 5.73. The molecular formula is C15H27N5O. The van der Waals surface area contributed by atoms with E-state index < -0.39 is 0 Å². The average molecular weight is 293 g/mol. The van der Waals surface area contributed by atoms with Crippen molar-refractivity contribution in [3.63, 3.8) is 0 Å². The number of aromatic amines is 1. The molecular weight excluding hydrogens is 266 g/mol. The monoisotopic (exact) mass is 293 g/mol. The highest BCUT2D eigenvalue weighted by Crippen LogP contribution is 2.23. The highest BCUT2D eigenvalue weighted by Gasteiger charge is 2.29. The molecule has 0 saturated heterocycles. The van der Waals surface area contributed by atoms with Crippen molar-refractivity contribution in [3.05, 3.63) is 11.6 Å². The maximum absolute atomic E-state index is 12.7. The van der Waals surface area contributed by atoms with Crippen LogP contribution in [0.5, 0.6) is 0 Å². The lowest BCUT2D eigenvalue weighted by atomic mass is 9.90. The number of aryl methyl sites for hydroxylation is 1. The predicted molar refractivity (Wildman–Crippen MR) is 81.9 cm³/mol. The Morgan fingerprint density at radius 2 is 2.00 bits per heavy atom. The SMILES string of the molecule is CCCc1nc(C(=O)N(CCC)C2CCC(N)CC2)n[nH]1. The van der Waals surface area contributed by atoms with Crippen molar-refractivity contribution in [1.82, 2.24) is 20.1 Å². The topological polar surface area (TPSA) is 87.9 Å². The number of hydrogen-bond donors (Lipinski definition) is 2. The highest BCUT2D eigenvalue weighted by molar-refractivity contribution is 5.90. The summed E-state index contributed by atoms with van der Waals surface area (Å²) in [4.78, 5) is 19.0. The summed E-state index contributed by atoms with van der Waals surface area (Å²) in [6.07, 6.45) is 6.72. The van der Waals surface area contributed by atoms with E-state index in [2.05, 4.69) is 29.0 Å². The first-order chi connectivity index (χ1) is 10.2. The zero-order valence-electron chi connectivity index (χ0n) is 13.1. The zero-order valence-corrected chi connectivity index (χ0v) is 13.1. The van der Waals surface area contributed by atoms with Crippen LogP contribution in [-0.2, 0) is 6.42 Å². The van der Waals surface area contributed by atoms with E-state index in [1.807, 2.05) is 4.90 Å². The van der Waals surface area contributed by atoms with E-state index in [-0.39, 0.29) is 11.9 Å². The molecule has 3 N–H and O–H groups in total. The van der Waals surface area contributed by atoms with Gasteiger partial charge in [0.15, 0.2) is 0 Å². The summed E-state index contributed by atoms with van der Waals surface area (Å²) in [5, 5.41) is 6.96. The quantitative estimate of drug-likeness (QED) is 0.838. The molecule has 1 aliphatic rings. The Balaban J connectivity index is 2.07. The maximum Gasteiger partial charge on any atom is 0.293 e. The summed E-state index contributed by atoms with van der Waals surface area (Å²) in [5.74, 6) is 1.06. The minimum Gasteiger partial charge on any atom is -0.333 e. The number of H-pyrrole nitrogens is 1. The zero-order chi connectivity index (χ0) is 15.2. The lowest BCUT2D eigenvalue weighted by Crippen LogP contribution is -2.45. The first kappa shape index (κ1) is 15.9. The second-order valence-electron chi connectivity index (χ2n) is 5.92. The number of rotatable bonds is 6. The molecule has 1 fully saturated rings. The van der Waals surface area contributed by atoms with Crippen LogP contribution in [0.15, 0.2) is 0 Å². The molecule has 0 aliphatic heterocycles. The van der Waals surface area contributed by atoms with Crippen molar-refractivity contribution in [2.75, 3.05) is 6.54 Å². The van der Waals surface area contributed by atoms with E-state index in [9.17, 15) is 4.79 Å². The standard InChI is InChI=1S/C15H27N5O/c1-3-5-13-17-14(19-18-13)15(21)20(10-4-2)12-8-6-11(16)7-9-12/h11-12H,3-10,16H2,1-2H3,(H,17,18,19). The minimum atomic E-state index is -0.0454. The smallest absolute Gasteiger partial charge is 0.293 e. The van der Waals surface area contributed by atoms with Gasteiger partial charge in [-0.1, -0.05) is 13.8 Å². The number of aromatic nitrogens is 3. The summed E-state index contributed by atoms with van der Waals surface area (Å²) in [6.45, 7) is 4.93. The van der Waals surface area contributed by atoms with Crippen LogP contribution in [0.3, 0.4) is 0 Å². The molecule has 1 amide bonds. The Morgan fingerprint density at radius 1 is 1.29 bits per heavy atom. The van der Waals surface area contributed by atoms with Crippen molar-refractivity contribution in [1.29, 1.82) is 0 Å². The second kappa shape index (κ2) is 7.54. The van der Waals surface area contributed by atoms with Gasteiger partial charge in [0.1, 0.15) is 5.82 Å². The van der Waals surface area contributed by atoms with Gasteiger partial charge in [-0.05, 0) is 38.5 Å². The third kappa shape index (κ3) is 4.03. The van der Waals surface area contributed by atoms with Gasteiger partial charge in [-0.15, -0.1) is 5.10 Å². The molecule has 21 heavy (non-hydrogen) atoms. The number of nitrogens with one attached hydrogen (secondary N) is 1. The Morgan fingerprint density at radius 3 is 2.62 bits per heavy atom. The largest absolute Gasteiger partial charge is 0.333 e. The van der Waals surface area contributed by atoms with Gasteiger partial charge in [0.2, 0.25) is 5.82 Å². The highest BCUT2D eigenvalue weighted by atomic mass is 16.2. The number of carbonyl (C=O) groups is 1. The van der Waals surface area contributed by atoms with Gasteiger partial charge in [-0.2, -0.15) is 0 Å². The van der Waals surface area contributed by atoms with E-state index in [1.165, 1.54) is 0 Å². The van der Waals surface area contributed by atoms with Gasteiger partial charge in [0, 0.05) is 25.0 Å². The number of hydrogen-bond acceptors (Lipinski definition) is 4. The number of amides is 1. The van der Waals surface area contributed by atoms with Crippen LogP contribution >= 0.6 is 0 Å². The Hall–Kier alpha value is -1.43. The van der Waals surface area contributed by atoms with Gasteiger partial charge in [0.25, 0.3) is 5.91 Å².